The molecule has 0 aliphatic heterocycles. The Morgan fingerprint density at radius 2 is 1.10 bits per heavy atom. The monoisotopic (exact) mass is 292 g/mol. The maximum atomic E-state index is 10.9. The number of carbonyl (C=O) groups is 2. The van der Waals surface area contributed by atoms with E-state index in [1.165, 1.54) is 0 Å². The van der Waals surface area contributed by atoms with Gasteiger partial charge in [-0.2, -0.15) is 0 Å². The molecule has 0 aliphatic carbocycles. The van der Waals surface area contributed by atoms with E-state index >= 15 is 0 Å². The SMILES string of the molecule is CC(C)(N)C(=O)NCCO.CC(C)(N)C(=O)NCCO. The second kappa shape index (κ2) is 9.65. The fraction of sp³-hybridized carbons (Fsp3) is 0.833. The molecule has 0 aromatic heterocycles. The van der Waals surface area contributed by atoms with E-state index in [4.69, 9.17) is 21.7 Å². The standard InChI is InChI=1S/2C6H14N2O2/c2*1-6(2,7)5(10)8-3-4-9/h2*9H,3-4,7H2,1-2H3,(H,8,10). The van der Waals surface area contributed by atoms with E-state index in [1.807, 2.05) is 0 Å². The largest absolute Gasteiger partial charge is 0.395 e. The second-order valence-electron chi connectivity index (χ2n) is 5.40. The van der Waals surface area contributed by atoms with Crippen molar-refractivity contribution in [1.29, 1.82) is 0 Å². The third-order valence-electron chi connectivity index (χ3n) is 1.97. The van der Waals surface area contributed by atoms with Gasteiger partial charge in [-0.3, -0.25) is 9.59 Å². The number of aliphatic hydroxyl groups excluding tert-OH is 2. The highest BCUT2D eigenvalue weighted by molar-refractivity contribution is 5.85. The first-order valence-corrected chi connectivity index (χ1v) is 6.33. The Morgan fingerprint density at radius 3 is 1.25 bits per heavy atom. The number of nitrogens with one attached hydrogen (secondary N) is 2. The van der Waals surface area contributed by atoms with Crippen LogP contribution in [0.15, 0.2) is 0 Å². The predicted molar refractivity (Wildman–Crippen MR) is 76.7 cm³/mol. The van der Waals surface area contributed by atoms with Gasteiger partial charge in [-0.25, -0.2) is 0 Å². The third kappa shape index (κ3) is 11.8. The van der Waals surface area contributed by atoms with E-state index in [0.29, 0.717) is 0 Å². The minimum Gasteiger partial charge on any atom is -0.395 e. The first-order chi connectivity index (χ1) is 8.96. The number of carbonyl (C=O) groups excluding carboxylic acids is 2. The van der Waals surface area contributed by atoms with Crippen molar-refractivity contribution in [3.63, 3.8) is 0 Å². The first kappa shape index (κ1) is 21.1. The molecular weight excluding hydrogens is 264 g/mol. The molecule has 120 valence electrons. The molecule has 20 heavy (non-hydrogen) atoms. The molecule has 0 saturated carbocycles. The van der Waals surface area contributed by atoms with Crippen LogP contribution in [0, 0.1) is 0 Å². The van der Waals surface area contributed by atoms with Crippen LogP contribution in [0.25, 0.3) is 0 Å². The van der Waals surface area contributed by atoms with Gasteiger partial charge < -0.3 is 32.3 Å². The van der Waals surface area contributed by atoms with Gasteiger partial charge >= 0.3 is 0 Å². The maximum Gasteiger partial charge on any atom is 0.239 e. The highest BCUT2D eigenvalue weighted by atomic mass is 16.3. The van der Waals surface area contributed by atoms with Gasteiger partial charge in [0.25, 0.3) is 0 Å². The molecule has 0 aliphatic rings. The van der Waals surface area contributed by atoms with Crippen molar-refractivity contribution in [1.82, 2.24) is 10.6 Å². The molecule has 0 bridgehead atoms. The minimum absolute atomic E-state index is 0.0537. The lowest BCUT2D eigenvalue weighted by Crippen LogP contribution is -2.49. The molecule has 0 spiro atoms. The van der Waals surface area contributed by atoms with Crippen LogP contribution in [-0.4, -0.2) is 59.4 Å². The zero-order valence-corrected chi connectivity index (χ0v) is 12.7. The van der Waals surface area contributed by atoms with Gasteiger partial charge in [0.2, 0.25) is 11.8 Å². The molecule has 0 aromatic carbocycles. The Bertz CT molecular complexity index is 265. The summed E-state index contributed by atoms with van der Waals surface area (Å²) in [5.74, 6) is -0.497. The van der Waals surface area contributed by atoms with Crippen LogP contribution in [0.2, 0.25) is 0 Å². The van der Waals surface area contributed by atoms with Crippen molar-refractivity contribution in [2.45, 2.75) is 38.8 Å². The van der Waals surface area contributed by atoms with E-state index < -0.39 is 11.1 Å². The van der Waals surface area contributed by atoms with Gasteiger partial charge in [0.1, 0.15) is 0 Å². The highest BCUT2D eigenvalue weighted by Gasteiger charge is 2.21. The van der Waals surface area contributed by atoms with Gasteiger partial charge in [-0.1, -0.05) is 0 Å². The molecule has 0 unspecified atom stereocenters. The van der Waals surface area contributed by atoms with Crippen LogP contribution in [0.1, 0.15) is 27.7 Å². The Balaban J connectivity index is 0. The van der Waals surface area contributed by atoms with Crippen molar-refractivity contribution < 1.29 is 19.8 Å². The zero-order chi connectivity index (χ0) is 16.4. The number of hydrogen-bond donors (Lipinski definition) is 6. The van der Waals surface area contributed by atoms with Crippen LogP contribution in [0.3, 0.4) is 0 Å². The fourth-order valence-corrected chi connectivity index (χ4v) is 0.794. The number of amides is 2. The molecule has 0 fully saturated rings. The lowest BCUT2D eigenvalue weighted by molar-refractivity contribution is -0.126. The van der Waals surface area contributed by atoms with E-state index in [9.17, 15) is 9.59 Å². The van der Waals surface area contributed by atoms with Gasteiger partial charge in [0.15, 0.2) is 0 Å². The predicted octanol–water partition coefficient (Wildman–Crippen LogP) is -2.34. The molecule has 0 aromatic rings. The molecular formula is C12H28N4O4. The van der Waals surface area contributed by atoms with Crippen LogP contribution in [0.5, 0.6) is 0 Å². The third-order valence-corrected chi connectivity index (χ3v) is 1.97. The molecule has 8 nitrogen and oxygen atoms in total. The van der Waals surface area contributed by atoms with Gasteiger partial charge in [0.05, 0.1) is 24.3 Å². The van der Waals surface area contributed by atoms with Crippen LogP contribution in [0.4, 0.5) is 0 Å². The number of aliphatic hydroxyl groups is 2. The summed E-state index contributed by atoms with van der Waals surface area (Å²) in [4.78, 5) is 21.8. The Kier molecular flexibility index (Phi) is 10.2. The summed E-state index contributed by atoms with van der Waals surface area (Å²) < 4.78 is 0. The summed E-state index contributed by atoms with van der Waals surface area (Å²) in [7, 11) is 0. The van der Waals surface area contributed by atoms with Crippen LogP contribution in [-0.2, 0) is 9.59 Å². The molecule has 0 rings (SSSR count). The zero-order valence-electron chi connectivity index (χ0n) is 12.7. The van der Waals surface area contributed by atoms with Gasteiger partial charge in [0, 0.05) is 13.1 Å². The lowest BCUT2D eigenvalue weighted by Gasteiger charge is -2.16. The smallest absolute Gasteiger partial charge is 0.239 e. The summed E-state index contributed by atoms with van der Waals surface area (Å²) in [5, 5.41) is 21.6. The van der Waals surface area contributed by atoms with E-state index in [1.54, 1.807) is 27.7 Å². The van der Waals surface area contributed by atoms with Crippen LogP contribution < -0.4 is 22.1 Å². The average Bonchev–Trinajstić information content (AvgIpc) is 2.31. The summed E-state index contributed by atoms with van der Waals surface area (Å²) in [5.41, 5.74) is 9.15. The van der Waals surface area contributed by atoms with Crippen LogP contribution >= 0.6 is 0 Å². The lowest BCUT2D eigenvalue weighted by atomic mass is 10.1. The molecule has 2 amide bonds. The molecule has 0 radical (unpaired) electrons. The van der Waals surface area contributed by atoms with Crippen molar-refractivity contribution in [2.24, 2.45) is 11.5 Å². The van der Waals surface area contributed by atoms with E-state index in [2.05, 4.69) is 10.6 Å². The minimum atomic E-state index is -0.852. The summed E-state index contributed by atoms with van der Waals surface area (Å²) in [6.45, 7) is 6.86. The first-order valence-electron chi connectivity index (χ1n) is 6.33. The van der Waals surface area contributed by atoms with Gasteiger partial charge in [-0.05, 0) is 27.7 Å². The number of nitrogens with two attached hydrogens (primary N) is 2. The normalized spacial score (nSPS) is 11.2. The topological polar surface area (TPSA) is 151 Å². The maximum absolute atomic E-state index is 10.9. The quantitative estimate of drug-likeness (QED) is 0.323. The fourth-order valence-electron chi connectivity index (χ4n) is 0.794. The Hall–Kier alpha value is -1.22. The van der Waals surface area contributed by atoms with Crippen molar-refractivity contribution >= 4 is 11.8 Å². The van der Waals surface area contributed by atoms with Crippen molar-refractivity contribution in [3.8, 4) is 0 Å². The summed E-state index contributed by atoms with van der Waals surface area (Å²) >= 11 is 0. The number of rotatable bonds is 6. The van der Waals surface area contributed by atoms with Crippen molar-refractivity contribution in [3.05, 3.63) is 0 Å². The molecule has 0 heterocycles. The highest BCUT2D eigenvalue weighted by Crippen LogP contribution is 1.94. The molecule has 8 heteroatoms. The van der Waals surface area contributed by atoms with E-state index in [-0.39, 0.29) is 38.1 Å². The summed E-state index contributed by atoms with van der Waals surface area (Å²) in [6, 6.07) is 0. The molecule has 8 N–H and O–H groups in total. The van der Waals surface area contributed by atoms with Crippen molar-refractivity contribution in [2.75, 3.05) is 26.3 Å². The summed E-state index contributed by atoms with van der Waals surface area (Å²) in [6.07, 6.45) is 0. The molecule has 0 saturated heterocycles. The second-order valence-corrected chi connectivity index (χ2v) is 5.40. The average molecular weight is 292 g/mol. The Labute approximate surface area is 119 Å². The Morgan fingerprint density at radius 1 is 0.850 bits per heavy atom. The van der Waals surface area contributed by atoms with Gasteiger partial charge in [-0.15, -0.1) is 0 Å². The number of hydrogen-bond acceptors (Lipinski definition) is 6. The van der Waals surface area contributed by atoms with E-state index in [0.717, 1.165) is 0 Å². The molecule has 0 atom stereocenters.